The third kappa shape index (κ3) is 6.33. The van der Waals surface area contributed by atoms with Crippen molar-refractivity contribution < 1.29 is 31.5 Å². The topological polar surface area (TPSA) is 58.2 Å². The van der Waals surface area contributed by atoms with Crippen molar-refractivity contribution in [1.82, 2.24) is 10.6 Å². The van der Waals surface area contributed by atoms with Gasteiger partial charge < -0.3 is 10.6 Å². The number of carbonyl (C=O) groups is 2. The third-order valence-corrected chi connectivity index (χ3v) is 3.81. The van der Waals surface area contributed by atoms with Crippen LogP contribution < -0.4 is 10.6 Å². The second-order valence-electron chi connectivity index (χ2n) is 5.96. The molecule has 0 fully saturated rings. The zero-order valence-electron chi connectivity index (χ0n) is 14.6. The smallest absolute Gasteiger partial charge is 0.352 e. The van der Waals surface area contributed by atoms with Crippen molar-refractivity contribution in [1.29, 1.82) is 0 Å². The monoisotopic (exact) mass is 400 g/mol. The standard InChI is InChI=1S/C19H17F5N2O2/c20-14-7-8-15(16(21)10-14)18(28)25-9-1-2-17(27)26-11-12-3-5-13(6-4-12)19(22,23)24/h3-8,10H,1-2,9,11H2,(H,25,28)(H,26,27). The van der Waals surface area contributed by atoms with Crippen LogP contribution in [0.15, 0.2) is 42.5 Å². The van der Waals surface area contributed by atoms with Crippen molar-refractivity contribution in [3.63, 3.8) is 0 Å². The Balaban J connectivity index is 1.69. The SMILES string of the molecule is O=C(CCCNC(=O)c1ccc(F)cc1F)NCc1ccc(C(F)(F)F)cc1. The van der Waals surface area contributed by atoms with Crippen LogP contribution in [0.4, 0.5) is 22.0 Å². The number of alkyl halides is 3. The molecule has 0 aliphatic heterocycles. The fourth-order valence-electron chi connectivity index (χ4n) is 2.32. The lowest BCUT2D eigenvalue weighted by atomic mass is 10.1. The number of halogens is 5. The second-order valence-corrected chi connectivity index (χ2v) is 5.96. The van der Waals surface area contributed by atoms with Crippen LogP contribution in [-0.4, -0.2) is 18.4 Å². The number of nitrogens with one attached hydrogen (secondary N) is 2. The summed E-state index contributed by atoms with van der Waals surface area (Å²) in [4.78, 5) is 23.5. The molecule has 2 aromatic rings. The van der Waals surface area contributed by atoms with Crippen LogP contribution in [-0.2, 0) is 17.5 Å². The van der Waals surface area contributed by atoms with Gasteiger partial charge >= 0.3 is 6.18 Å². The van der Waals surface area contributed by atoms with Gasteiger partial charge in [-0.15, -0.1) is 0 Å². The second kappa shape index (κ2) is 9.29. The molecule has 2 aromatic carbocycles. The van der Waals surface area contributed by atoms with Crippen molar-refractivity contribution >= 4 is 11.8 Å². The predicted molar refractivity (Wildman–Crippen MR) is 91.2 cm³/mol. The zero-order valence-corrected chi connectivity index (χ0v) is 14.6. The van der Waals surface area contributed by atoms with Gasteiger partial charge in [-0.3, -0.25) is 9.59 Å². The van der Waals surface area contributed by atoms with E-state index in [2.05, 4.69) is 10.6 Å². The van der Waals surface area contributed by atoms with Gasteiger partial charge in [-0.1, -0.05) is 12.1 Å². The Hall–Kier alpha value is -2.97. The van der Waals surface area contributed by atoms with Gasteiger partial charge in [-0.2, -0.15) is 13.2 Å². The van der Waals surface area contributed by atoms with Gasteiger partial charge in [0.1, 0.15) is 11.6 Å². The van der Waals surface area contributed by atoms with Crippen molar-refractivity contribution in [2.45, 2.75) is 25.6 Å². The molecule has 0 atom stereocenters. The molecule has 0 saturated carbocycles. The Labute approximate surface area is 157 Å². The van der Waals surface area contributed by atoms with E-state index >= 15 is 0 Å². The minimum atomic E-state index is -4.41. The largest absolute Gasteiger partial charge is 0.416 e. The lowest BCUT2D eigenvalue weighted by Crippen LogP contribution is -2.28. The minimum Gasteiger partial charge on any atom is -0.352 e. The first-order chi connectivity index (χ1) is 13.2. The van der Waals surface area contributed by atoms with E-state index < -0.39 is 29.3 Å². The Morgan fingerprint density at radius 3 is 2.21 bits per heavy atom. The molecule has 0 heterocycles. The molecule has 4 nitrogen and oxygen atoms in total. The van der Waals surface area contributed by atoms with Gasteiger partial charge in [-0.05, 0) is 36.2 Å². The number of carbonyl (C=O) groups excluding carboxylic acids is 2. The summed E-state index contributed by atoms with van der Waals surface area (Å²) in [5.41, 5.74) is -0.550. The lowest BCUT2D eigenvalue weighted by Gasteiger charge is -2.09. The number of hydrogen-bond acceptors (Lipinski definition) is 2. The van der Waals surface area contributed by atoms with Gasteiger partial charge in [0.25, 0.3) is 5.91 Å². The summed E-state index contributed by atoms with van der Waals surface area (Å²) >= 11 is 0. The highest BCUT2D eigenvalue weighted by Crippen LogP contribution is 2.29. The van der Waals surface area contributed by atoms with E-state index in [9.17, 15) is 31.5 Å². The first kappa shape index (κ1) is 21.3. The van der Waals surface area contributed by atoms with Crippen LogP contribution in [0.1, 0.15) is 34.3 Å². The van der Waals surface area contributed by atoms with E-state index in [1.54, 1.807) is 0 Å². The summed E-state index contributed by atoms with van der Waals surface area (Å²) in [7, 11) is 0. The van der Waals surface area contributed by atoms with Crippen molar-refractivity contribution in [3.05, 3.63) is 70.8 Å². The average molecular weight is 400 g/mol. The maximum absolute atomic E-state index is 13.5. The normalized spacial score (nSPS) is 11.2. The molecule has 0 bridgehead atoms. The van der Waals surface area contributed by atoms with E-state index in [4.69, 9.17) is 0 Å². The maximum Gasteiger partial charge on any atom is 0.416 e. The molecule has 0 saturated heterocycles. The number of amides is 2. The highest BCUT2D eigenvalue weighted by atomic mass is 19.4. The molecule has 0 aliphatic rings. The van der Waals surface area contributed by atoms with E-state index in [0.717, 1.165) is 24.3 Å². The van der Waals surface area contributed by atoms with Crippen molar-refractivity contribution in [2.75, 3.05) is 6.54 Å². The van der Waals surface area contributed by atoms with Crippen LogP contribution in [0.5, 0.6) is 0 Å². The predicted octanol–water partition coefficient (Wildman–Crippen LogP) is 3.81. The molecule has 0 spiro atoms. The molecule has 0 radical (unpaired) electrons. The van der Waals surface area contributed by atoms with Crippen LogP contribution in [0.3, 0.4) is 0 Å². The number of rotatable bonds is 7. The molecule has 28 heavy (non-hydrogen) atoms. The van der Waals surface area contributed by atoms with Crippen molar-refractivity contribution in [2.24, 2.45) is 0 Å². The third-order valence-electron chi connectivity index (χ3n) is 3.81. The summed E-state index contributed by atoms with van der Waals surface area (Å²) in [6.45, 7) is 0.174. The van der Waals surface area contributed by atoms with E-state index in [1.165, 1.54) is 12.1 Å². The maximum atomic E-state index is 13.5. The molecule has 2 amide bonds. The Kier molecular flexibility index (Phi) is 7.08. The van der Waals surface area contributed by atoms with Gasteiger partial charge in [0.2, 0.25) is 5.91 Å². The molecule has 150 valence electrons. The average Bonchev–Trinajstić information content (AvgIpc) is 2.63. The number of benzene rings is 2. The molecule has 0 aromatic heterocycles. The van der Waals surface area contributed by atoms with Crippen LogP contribution in [0.2, 0.25) is 0 Å². The zero-order chi connectivity index (χ0) is 20.7. The molecule has 0 unspecified atom stereocenters. The van der Waals surface area contributed by atoms with Gasteiger partial charge in [0.05, 0.1) is 11.1 Å². The van der Waals surface area contributed by atoms with Gasteiger partial charge in [0.15, 0.2) is 0 Å². The van der Waals surface area contributed by atoms with Crippen LogP contribution in [0, 0.1) is 11.6 Å². The van der Waals surface area contributed by atoms with Crippen LogP contribution in [0.25, 0.3) is 0 Å². The lowest BCUT2D eigenvalue weighted by molar-refractivity contribution is -0.137. The summed E-state index contributed by atoms with van der Waals surface area (Å²) < 4.78 is 63.7. The fourth-order valence-corrected chi connectivity index (χ4v) is 2.32. The summed E-state index contributed by atoms with van der Waals surface area (Å²) in [6.07, 6.45) is -4.08. The summed E-state index contributed by atoms with van der Waals surface area (Å²) in [5, 5.41) is 4.98. The number of hydrogen-bond donors (Lipinski definition) is 2. The summed E-state index contributed by atoms with van der Waals surface area (Å²) in [6, 6.07) is 7.02. The van der Waals surface area contributed by atoms with E-state index in [-0.39, 0.29) is 37.4 Å². The quantitative estimate of drug-likeness (QED) is 0.549. The minimum absolute atomic E-state index is 0.0623. The first-order valence-corrected chi connectivity index (χ1v) is 8.33. The van der Waals surface area contributed by atoms with E-state index in [1.807, 2.05) is 0 Å². The van der Waals surface area contributed by atoms with Crippen LogP contribution >= 0.6 is 0 Å². The highest BCUT2D eigenvalue weighted by molar-refractivity contribution is 5.94. The molecule has 0 aliphatic carbocycles. The Morgan fingerprint density at radius 2 is 1.61 bits per heavy atom. The molecular formula is C19H17F5N2O2. The Bertz CT molecular complexity index is 835. The molecule has 2 N–H and O–H groups in total. The highest BCUT2D eigenvalue weighted by Gasteiger charge is 2.29. The molecular weight excluding hydrogens is 383 g/mol. The van der Waals surface area contributed by atoms with Gasteiger partial charge in [0, 0.05) is 25.6 Å². The molecule has 2 rings (SSSR count). The van der Waals surface area contributed by atoms with Gasteiger partial charge in [-0.25, -0.2) is 8.78 Å². The summed E-state index contributed by atoms with van der Waals surface area (Å²) in [5.74, 6) is -2.84. The van der Waals surface area contributed by atoms with Crippen molar-refractivity contribution in [3.8, 4) is 0 Å². The fraction of sp³-hybridized carbons (Fsp3) is 0.263. The first-order valence-electron chi connectivity index (χ1n) is 8.33. The van der Waals surface area contributed by atoms with E-state index in [0.29, 0.717) is 11.6 Å². The molecule has 9 heteroatoms. The Morgan fingerprint density at radius 1 is 0.929 bits per heavy atom.